The molecule has 1 fully saturated rings. The van der Waals surface area contributed by atoms with Crippen molar-refractivity contribution in [2.75, 3.05) is 49.6 Å². The zero-order valence-corrected chi connectivity index (χ0v) is 32.8. The first kappa shape index (κ1) is 41.9. The quantitative estimate of drug-likeness (QED) is 0.283. The van der Waals surface area contributed by atoms with E-state index < -0.39 is 17.1 Å². The van der Waals surface area contributed by atoms with Gasteiger partial charge in [-0.25, -0.2) is 28.3 Å². The number of aromatic nitrogens is 9. The molecule has 50 heavy (non-hydrogen) atoms. The highest BCUT2D eigenvalue weighted by Crippen LogP contribution is 2.25. The maximum atomic E-state index is 12.3. The largest absolute Gasteiger partial charge is 0.355 e. The fourth-order valence-electron chi connectivity index (χ4n) is 5.24. The third-order valence-corrected chi connectivity index (χ3v) is 8.50. The number of nitrogen functional groups attached to an aromatic ring is 1. The van der Waals surface area contributed by atoms with Crippen molar-refractivity contribution in [2.45, 2.75) is 104 Å². The van der Waals surface area contributed by atoms with Crippen molar-refractivity contribution in [3.05, 3.63) is 58.0 Å². The molecule has 18 heteroatoms. The van der Waals surface area contributed by atoms with Gasteiger partial charge in [-0.05, 0) is 24.0 Å². The molecular formula is C32H56N12O5S. The van der Waals surface area contributed by atoms with Gasteiger partial charge in [-0.3, -0.25) is 13.9 Å². The number of nitrogens with zero attached hydrogens (tertiary/aromatic N) is 11. The Hall–Kier alpha value is -4.22. The van der Waals surface area contributed by atoms with E-state index >= 15 is 0 Å². The average Bonchev–Trinajstić information content (AvgIpc) is 3.01. The van der Waals surface area contributed by atoms with Crippen molar-refractivity contribution in [3.63, 3.8) is 0 Å². The van der Waals surface area contributed by atoms with Crippen LogP contribution in [-0.4, -0.2) is 77.1 Å². The van der Waals surface area contributed by atoms with Crippen LogP contribution in [0.2, 0.25) is 0 Å². The van der Waals surface area contributed by atoms with Crippen LogP contribution in [0.3, 0.4) is 0 Å². The van der Waals surface area contributed by atoms with Gasteiger partial charge in [0.2, 0.25) is 11.9 Å². The first-order valence-electron chi connectivity index (χ1n) is 16.6. The molecule has 4 rings (SSSR count). The van der Waals surface area contributed by atoms with Gasteiger partial charge in [0.05, 0.1) is 0 Å². The van der Waals surface area contributed by atoms with E-state index in [9.17, 15) is 24.0 Å². The van der Waals surface area contributed by atoms with Gasteiger partial charge in [0.15, 0.2) is 5.16 Å². The number of anilines is 2. The predicted octanol–water partition coefficient (Wildman–Crippen LogP) is 1.33. The molecule has 1 aliphatic carbocycles. The Labute approximate surface area is 297 Å². The van der Waals surface area contributed by atoms with E-state index in [0.29, 0.717) is 29.9 Å². The fourth-order valence-corrected chi connectivity index (χ4v) is 5.86. The zero-order valence-electron chi connectivity index (χ0n) is 32.0. The molecule has 3 aromatic heterocycles. The smallest absolute Gasteiger partial charge is 0.348 e. The molecule has 0 atom stereocenters. The lowest BCUT2D eigenvalue weighted by molar-refractivity contribution is 0.320. The lowest BCUT2D eigenvalue weighted by Crippen LogP contribution is -2.47. The molecule has 0 spiro atoms. The average molecular weight is 721 g/mol. The Kier molecular flexibility index (Phi) is 14.4. The second-order valence-corrected chi connectivity index (χ2v) is 16.1. The van der Waals surface area contributed by atoms with Crippen LogP contribution >= 0.6 is 11.8 Å². The van der Waals surface area contributed by atoms with E-state index in [4.69, 9.17) is 5.84 Å². The molecule has 17 nitrogen and oxygen atoms in total. The van der Waals surface area contributed by atoms with Crippen molar-refractivity contribution >= 4 is 23.7 Å². The molecule has 0 unspecified atom stereocenters. The van der Waals surface area contributed by atoms with Gasteiger partial charge >= 0.3 is 22.8 Å². The molecule has 0 bridgehead atoms. The normalized spacial score (nSPS) is 13.5. The predicted molar refractivity (Wildman–Crippen MR) is 199 cm³/mol. The van der Waals surface area contributed by atoms with Crippen LogP contribution in [0.25, 0.3) is 0 Å². The molecule has 280 valence electrons. The summed E-state index contributed by atoms with van der Waals surface area (Å²) >= 11 is 1.27. The van der Waals surface area contributed by atoms with Crippen LogP contribution < -0.4 is 44.0 Å². The minimum atomic E-state index is -0.539. The Balaban J connectivity index is 0.000000261. The first-order valence-corrected chi connectivity index (χ1v) is 17.6. The van der Waals surface area contributed by atoms with Crippen molar-refractivity contribution in [2.24, 2.45) is 19.5 Å². The number of thioether (sulfide) groups is 1. The third-order valence-electron chi connectivity index (χ3n) is 7.66. The summed E-state index contributed by atoms with van der Waals surface area (Å²) in [6, 6.07) is 0.0219. The molecule has 0 aromatic carbocycles. The van der Waals surface area contributed by atoms with Gasteiger partial charge in [0.25, 0.3) is 5.56 Å². The summed E-state index contributed by atoms with van der Waals surface area (Å²) in [5, 5.41) is 8.31. The number of hydrogen-bond donors (Lipinski definition) is 1. The van der Waals surface area contributed by atoms with E-state index in [-0.39, 0.29) is 33.3 Å². The number of hydrogen-bond acceptors (Lipinski definition) is 13. The summed E-state index contributed by atoms with van der Waals surface area (Å²) in [6.07, 6.45) is 5.15. The second-order valence-electron chi connectivity index (χ2n) is 14.9. The Morgan fingerprint density at radius 1 is 0.780 bits per heavy atom. The van der Waals surface area contributed by atoms with Crippen LogP contribution in [0.4, 0.5) is 11.9 Å². The highest BCUT2D eigenvalue weighted by molar-refractivity contribution is 7.99. The lowest BCUT2D eigenvalue weighted by Gasteiger charge is -2.24. The van der Waals surface area contributed by atoms with Gasteiger partial charge in [0, 0.05) is 60.3 Å². The SMILES string of the molecule is CCSc1nc(=O)n(CC(C)(C)C)c(=O)n1N.CN(C)c1nc(=O)n(C2CCCCC2)c(=O)n1C.CN(C)c1nnc(C(C)(C)C)c(=O)n1C. The summed E-state index contributed by atoms with van der Waals surface area (Å²) in [5.74, 6) is 7.28. The van der Waals surface area contributed by atoms with Crippen molar-refractivity contribution in [3.8, 4) is 0 Å². The molecule has 0 aliphatic heterocycles. The lowest BCUT2D eigenvalue weighted by atomic mass is 9.93. The molecule has 0 radical (unpaired) electrons. The first-order chi connectivity index (χ1) is 23.0. The van der Waals surface area contributed by atoms with Gasteiger partial charge in [-0.15, -0.1) is 10.2 Å². The molecule has 0 saturated heterocycles. The highest BCUT2D eigenvalue weighted by atomic mass is 32.2. The number of nitrogens with two attached hydrogens (primary N) is 1. The van der Waals surface area contributed by atoms with Gasteiger partial charge in [-0.2, -0.15) is 14.6 Å². The molecular weight excluding hydrogens is 664 g/mol. The summed E-state index contributed by atoms with van der Waals surface area (Å²) in [4.78, 5) is 71.2. The van der Waals surface area contributed by atoms with Crippen LogP contribution in [-0.2, 0) is 26.1 Å². The van der Waals surface area contributed by atoms with Crippen LogP contribution in [0, 0.1) is 5.41 Å². The Morgan fingerprint density at radius 3 is 1.82 bits per heavy atom. The minimum absolute atomic E-state index is 0.0219. The summed E-state index contributed by atoms with van der Waals surface area (Å²) in [7, 11) is 10.6. The minimum Gasteiger partial charge on any atom is -0.348 e. The molecule has 1 aliphatic rings. The van der Waals surface area contributed by atoms with Crippen molar-refractivity contribution in [1.82, 2.24) is 43.1 Å². The maximum Gasteiger partial charge on any atom is 0.355 e. The molecule has 3 heterocycles. The maximum absolute atomic E-state index is 12.3. The summed E-state index contributed by atoms with van der Waals surface area (Å²) in [6.45, 7) is 13.9. The van der Waals surface area contributed by atoms with E-state index in [1.54, 1.807) is 38.0 Å². The van der Waals surface area contributed by atoms with Gasteiger partial charge < -0.3 is 15.6 Å². The van der Waals surface area contributed by atoms with E-state index in [0.717, 1.165) is 34.9 Å². The fraction of sp³-hybridized carbons (Fsp3) is 0.719. The van der Waals surface area contributed by atoms with E-state index in [1.165, 1.54) is 31.9 Å². The monoisotopic (exact) mass is 720 g/mol. The summed E-state index contributed by atoms with van der Waals surface area (Å²) < 4.78 is 6.29. The van der Waals surface area contributed by atoms with Crippen LogP contribution in [0.5, 0.6) is 0 Å². The molecule has 3 aromatic rings. The standard InChI is InChI=1S/C12H20N4O2.C10H18N4O2S.C10H18N4O/c1-14(2)10-13-11(17)16(12(18)15(10)3)9-7-5-4-6-8-9;1-5-17-8-12-7(15)13(6-10(2,3)4)9(16)14(8)11;1-10(2,3)7-8(15)14(6)9(12-11-7)13(4)5/h9H,4-8H2,1-3H3;5-6,11H2,1-4H3;1-6H3. The van der Waals surface area contributed by atoms with E-state index in [1.807, 2.05) is 62.6 Å². The van der Waals surface area contributed by atoms with E-state index in [2.05, 4.69) is 20.2 Å². The van der Waals surface area contributed by atoms with Gasteiger partial charge in [0.1, 0.15) is 5.69 Å². The Bertz CT molecular complexity index is 1900. The highest BCUT2D eigenvalue weighted by Gasteiger charge is 2.23. The van der Waals surface area contributed by atoms with Crippen molar-refractivity contribution < 1.29 is 0 Å². The summed E-state index contributed by atoms with van der Waals surface area (Å²) in [5.41, 5.74) is -1.78. The van der Waals surface area contributed by atoms with Crippen LogP contribution in [0.1, 0.15) is 92.3 Å². The van der Waals surface area contributed by atoms with Gasteiger partial charge in [-0.1, -0.05) is 79.5 Å². The van der Waals surface area contributed by atoms with Crippen molar-refractivity contribution in [1.29, 1.82) is 0 Å². The zero-order chi connectivity index (χ0) is 38.3. The topological polar surface area (TPSA) is 194 Å². The molecule has 1 saturated carbocycles. The Morgan fingerprint density at radius 2 is 1.34 bits per heavy atom. The second kappa shape index (κ2) is 17.1. The third kappa shape index (κ3) is 10.6. The number of rotatable bonds is 6. The molecule has 2 N–H and O–H groups in total. The molecule has 0 amide bonds. The van der Waals surface area contributed by atoms with Crippen LogP contribution in [0.15, 0.2) is 29.1 Å².